The van der Waals surface area contributed by atoms with Crippen LogP contribution in [0.4, 0.5) is 10.8 Å². The molecule has 3 aromatic rings. The van der Waals surface area contributed by atoms with Crippen molar-refractivity contribution >= 4 is 22.2 Å². The molecule has 2 aliphatic heterocycles. The van der Waals surface area contributed by atoms with Gasteiger partial charge in [0.25, 0.3) is 0 Å². The maximum atomic E-state index is 9.82. The van der Waals surface area contributed by atoms with E-state index in [2.05, 4.69) is 40.3 Å². The number of nitriles is 1. The number of pyridine rings is 1. The summed E-state index contributed by atoms with van der Waals surface area (Å²) in [6.07, 6.45) is 3.79. The highest BCUT2D eigenvalue weighted by Crippen LogP contribution is 2.48. The summed E-state index contributed by atoms with van der Waals surface area (Å²) in [4.78, 5) is 15.5. The van der Waals surface area contributed by atoms with Crippen molar-refractivity contribution in [2.45, 2.75) is 44.1 Å². The van der Waals surface area contributed by atoms with E-state index in [0.717, 1.165) is 87.0 Å². The maximum absolute atomic E-state index is 9.82. The lowest BCUT2D eigenvalue weighted by Gasteiger charge is -2.33. The van der Waals surface area contributed by atoms with Gasteiger partial charge in [-0.05, 0) is 46.2 Å². The molecule has 1 unspecified atom stereocenters. The van der Waals surface area contributed by atoms with Crippen LogP contribution in [0, 0.1) is 11.3 Å². The number of likely N-dealkylation sites (N-methyl/N-ethyl adjacent to an activating group) is 1. The van der Waals surface area contributed by atoms with Crippen LogP contribution in [0.1, 0.15) is 48.1 Å². The van der Waals surface area contributed by atoms with Gasteiger partial charge in [0.05, 0.1) is 11.0 Å². The number of aryl methyl sites for hydroxylation is 1. The second-order valence-electron chi connectivity index (χ2n) is 10.4. The fourth-order valence-electron chi connectivity index (χ4n) is 5.65. The van der Waals surface area contributed by atoms with Gasteiger partial charge in [0.1, 0.15) is 34.4 Å². The first kappa shape index (κ1) is 24.2. The standard InChI is InChI=1S/C26H32N8O2S/c1-26(6-3-4-20-22(26)18(14-27)23(28)37-20)25-31-24(32-36-25)19-12-17(35-16-5-7-29-15-16)13-21(30-19)34-10-8-33(2)9-11-34/h12-13,16,29H,3-11,15,28H2,1-2H3/t16-,26?/m0/s1. The third-order valence-corrected chi connectivity index (χ3v) is 8.89. The number of fused-ring (bicyclic) bond motifs is 1. The summed E-state index contributed by atoms with van der Waals surface area (Å²) in [5.41, 5.74) is 7.74. The zero-order valence-corrected chi connectivity index (χ0v) is 22.1. The molecule has 3 aliphatic rings. The summed E-state index contributed by atoms with van der Waals surface area (Å²) < 4.78 is 12.2. The first-order chi connectivity index (χ1) is 17.9. The normalized spacial score (nSPS) is 24.1. The lowest BCUT2D eigenvalue weighted by Crippen LogP contribution is -2.44. The van der Waals surface area contributed by atoms with Crippen LogP contribution in [0.25, 0.3) is 11.5 Å². The average Bonchev–Trinajstić information content (AvgIpc) is 3.65. The molecule has 37 heavy (non-hydrogen) atoms. The Bertz CT molecular complexity index is 1330. The topological polar surface area (TPSA) is 129 Å². The zero-order valence-electron chi connectivity index (χ0n) is 21.3. The van der Waals surface area contributed by atoms with E-state index in [9.17, 15) is 5.26 Å². The van der Waals surface area contributed by atoms with E-state index in [4.69, 9.17) is 25.0 Å². The Labute approximate surface area is 220 Å². The molecule has 0 aromatic carbocycles. The molecule has 11 heteroatoms. The number of nitrogens with one attached hydrogen (secondary N) is 1. The number of thiophene rings is 1. The number of rotatable bonds is 5. The summed E-state index contributed by atoms with van der Waals surface area (Å²) >= 11 is 1.50. The van der Waals surface area contributed by atoms with Crippen molar-refractivity contribution in [1.29, 1.82) is 5.26 Å². The van der Waals surface area contributed by atoms with Gasteiger partial charge in [-0.15, -0.1) is 11.3 Å². The molecule has 2 atom stereocenters. The van der Waals surface area contributed by atoms with E-state index in [1.54, 1.807) is 0 Å². The van der Waals surface area contributed by atoms with E-state index >= 15 is 0 Å². The van der Waals surface area contributed by atoms with E-state index in [0.29, 0.717) is 28.0 Å². The molecule has 0 saturated carbocycles. The summed E-state index contributed by atoms with van der Waals surface area (Å²) in [5.74, 6) is 2.55. The van der Waals surface area contributed by atoms with Crippen molar-refractivity contribution in [1.82, 2.24) is 25.3 Å². The summed E-state index contributed by atoms with van der Waals surface area (Å²) in [6.45, 7) is 7.61. The number of hydrogen-bond acceptors (Lipinski definition) is 11. The highest BCUT2D eigenvalue weighted by atomic mass is 32.1. The Kier molecular flexibility index (Phi) is 6.26. The molecule has 194 valence electrons. The largest absolute Gasteiger partial charge is 0.489 e. The van der Waals surface area contributed by atoms with Gasteiger partial charge in [0, 0.05) is 55.3 Å². The predicted octanol–water partition coefficient (Wildman–Crippen LogP) is 2.78. The minimum Gasteiger partial charge on any atom is -0.489 e. The van der Waals surface area contributed by atoms with Crippen molar-refractivity contribution in [2.75, 3.05) is 56.9 Å². The minimum absolute atomic E-state index is 0.129. The number of nitrogens with zero attached hydrogens (tertiary/aromatic N) is 6. The van der Waals surface area contributed by atoms with Gasteiger partial charge in [-0.25, -0.2) is 4.98 Å². The van der Waals surface area contributed by atoms with Gasteiger partial charge in [-0.3, -0.25) is 0 Å². The molecule has 10 nitrogen and oxygen atoms in total. The third kappa shape index (κ3) is 4.43. The molecule has 6 rings (SSSR count). The van der Waals surface area contributed by atoms with Gasteiger partial charge in [0.15, 0.2) is 0 Å². The Hall–Kier alpha value is -3.20. The van der Waals surface area contributed by atoms with Gasteiger partial charge >= 0.3 is 0 Å². The predicted molar refractivity (Wildman–Crippen MR) is 142 cm³/mol. The summed E-state index contributed by atoms with van der Waals surface area (Å²) in [5, 5.41) is 18.1. The number of aromatic nitrogens is 3. The van der Waals surface area contributed by atoms with Gasteiger partial charge < -0.3 is 30.1 Å². The molecule has 1 aliphatic carbocycles. The molecular weight excluding hydrogens is 488 g/mol. The van der Waals surface area contributed by atoms with Crippen molar-refractivity contribution in [2.24, 2.45) is 0 Å². The van der Waals surface area contributed by atoms with Crippen LogP contribution in [0.2, 0.25) is 0 Å². The Balaban J connectivity index is 1.37. The fourth-order valence-corrected chi connectivity index (χ4v) is 6.85. The number of anilines is 2. The second kappa shape index (κ2) is 9.59. The van der Waals surface area contributed by atoms with Crippen LogP contribution in [0.5, 0.6) is 5.75 Å². The van der Waals surface area contributed by atoms with E-state index in [1.807, 2.05) is 12.1 Å². The fraction of sp³-hybridized carbons (Fsp3) is 0.538. The summed E-state index contributed by atoms with van der Waals surface area (Å²) in [7, 11) is 2.14. The van der Waals surface area contributed by atoms with Crippen LogP contribution >= 0.6 is 11.3 Å². The Morgan fingerprint density at radius 3 is 2.86 bits per heavy atom. The van der Waals surface area contributed by atoms with Crippen LogP contribution in [-0.4, -0.2) is 72.4 Å². The van der Waals surface area contributed by atoms with Gasteiger partial charge in [-0.1, -0.05) is 5.16 Å². The SMILES string of the molecule is CN1CCN(c2cc(O[C@H]3CCNC3)cc(-c3noc(C4(C)CCCc5sc(N)c(C#N)c54)n3)n2)CC1. The molecule has 2 fully saturated rings. The minimum atomic E-state index is -0.568. The smallest absolute Gasteiger partial charge is 0.237 e. The molecule has 0 amide bonds. The van der Waals surface area contributed by atoms with E-state index in [1.165, 1.54) is 11.3 Å². The van der Waals surface area contributed by atoms with Crippen LogP contribution < -0.4 is 20.7 Å². The van der Waals surface area contributed by atoms with Crippen molar-refractivity contribution in [3.05, 3.63) is 34.0 Å². The highest BCUT2D eigenvalue weighted by Gasteiger charge is 2.43. The highest BCUT2D eigenvalue weighted by molar-refractivity contribution is 7.16. The quantitative estimate of drug-likeness (QED) is 0.518. The third-order valence-electron chi connectivity index (χ3n) is 7.81. The van der Waals surface area contributed by atoms with Crippen LogP contribution in [0.3, 0.4) is 0 Å². The Morgan fingerprint density at radius 1 is 1.27 bits per heavy atom. The number of nitrogens with two attached hydrogens (primary N) is 1. The molecule has 2 saturated heterocycles. The second-order valence-corrected chi connectivity index (χ2v) is 11.6. The molecule has 3 aromatic heterocycles. The average molecular weight is 521 g/mol. The van der Waals surface area contributed by atoms with Crippen molar-refractivity contribution in [3.8, 4) is 23.3 Å². The molecular formula is C26H32N8O2S. The van der Waals surface area contributed by atoms with Gasteiger partial charge in [-0.2, -0.15) is 10.2 Å². The van der Waals surface area contributed by atoms with Crippen LogP contribution in [0.15, 0.2) is 16.7 Å². The summed E-state index contributed by atoms with van der Waals surface area (Å²) in [6, 6.07) is 6.24. The first-order valence-corrected chi connectivity index (χ1v) is 13.8. The lowest BCUT2D eigenvalue weighted by atomic mass is 9.72. The van der Waals surface area contributed by atoms with E-state index in [-0.39, 0.29) is 6.10 Å². The molecule has 3 N–H and O–H groups in total. The first-order valence-electron chi connectivity index (χ1n) is 12.9. The molecule has 5 heterocycles. The van der Waals surface area contributed by atoms with E-state index < -0.39 is 5.41 Å². The number of piperazine rings is 1. The number of nitrogen functional groups attached to an aromatic ring is 1. The number of hydrogen-bond donors (Lipinski definition) is 2. The molecule has 0 spiro atoms. The van der Waals surface area contributed by atoms with Crippen LogP contribution in [-0.2, 0) is 11.8 Å². The molecule has 0 bridgehead atoms. The van der Waals surface area contributed by atoms with Crippen molar-refractivity contribution < 1.29 is 9.26 Å². The number of ether oxygens (including phenoxy) is 1. The maximum Gasteiger partial charge on any atom is 0.237 e. The zero-order chi connectivity index (χ0) is 25.6. The monoisotopic (exact) mass is 520 g/mol. The van der Waals surface area contributed by atoms with Crippen molar-refractivity contribution in [3.63, 3.8) is 0 Å². The molecule has 0 radical (unpaired) electrons. The lowest BCUT2D eigenvalue weighted by molar-refractivity contribution is 0.223. The Morgan fingerprint density at radius 2 is 2.11 bits per heavy atom. The van der Waals surface area contributed by atoms with Gasteiger partial charge in [0.2, 0.25) is 11.7 Å².